The van der Waals surface area contributed by atoms with Gasteiger partial charge in [0.25, 0.3) is 0 Å². The van der Waals surface area contributed by atoms with Crippen molar-refractivity contribution in [2.75, 3.05) is 0 Å². The van der Waals surface area contributed by atoms with Crippen molar-refractivity contribution in [2.45, 2.75) is 12.8 Å². The zero-order valence-electron chi connectivity index (χ0n) is 12.5. The predicted octanol–water partition coefficient (Wildman–Crippen LogP) is 4.31. The zero-order valence-corrected chi connectivity index (χ0v) is 12.5. The van der Waals surface area contributed by atoms with Crippen LogP contribution >= 0.6 is 0 Å². The highest BCUT2D eigenvalue weighted by Gasteiger charge is 2.08. The van der Waals surface area contributed by atoms with Crippen molar-refractivity contribution in [2.24, 2.45) is 10.2 Å². The van der Waals surface area contributed by atoms with Gasteiger partial charge >= 0.3 is 0 Å². The maximum absolute atomic E-state index is 11.6. The van der Waals surface area contributed by atoms with Crippen LogP contribution in [0.2, 0.25) is 0 Å². The number of phenolic OH excluding ortho intramolecular Hbond substituents is 1. The lowest BCUT2D eigenvalue weighted by atomic mass is 10.1. The molecule has 0 fully saturated rings. The molecule has 2 aromatic rings. The molecule has 5 heteroatoms. The van der Waals surface area contributed by atoms with Crippen molar-refractivity contribution < 1.29 is 14.7 Å². The maximum atomic E-state index is 11.6. The summed E-state index contributed by atoms with van der Waals surface area (Å²) < 4.78 is 0. The number of benzene rings is 2. The van der Waals surface area contributed by atoms with Crippen molar-refractivity contribution in [3.05, 3.63) is 66.2 Å². The van der Waals surface area contributed by atoms with E-state index in [1.807, 2.05) is 18.2 Å². The van der Waals surface area contributed by atoms with Gasteiger partial charge in [0.1, 0.15) is 12.0 Å². The summed E-state index contributed by atoms with van der Waals surface area (Å²) in [6.45, 7) is 3.40. The number of azo groups is 1. The van der Waals surface area contributed by atoms with Gasteiger partial charge in [-0.05, 0) is 42.3 Å². The van der Waals surface area contributed by atoms with Gasteiger partial charge in [0, 0.05) is 6.42 Å². The predicted molar refractivity (Wildman–Crippen MR) is 87.6 cm³/mol. The number of nitrogens with zero attached hydrogens (tertiary/aromatic N) is 2. The fourth-order valence-corrected chi connectivity index (χ4v) is 2.04. The zero-order chi connectivity index (χ0) is 16.7. The van der Waals surface area contributed by atoms with Crippen molar-refractivity contribution in [3.8, 4) is 5.75 Å². The third kappa shape index (κ3) is 4.20. The summed E-state index contributed by atoms with van der Waals surface area (Å²) >= 11 is 0. The standard InChI is InChI=1S/C18H16N2O3/c1-2-17(22)15-12-14(9-10-18(15)23)19-20-16-8-4-3-6-13(16)7-5-11-21/h2-4,6,8-12,23H,1,5,7H2. The first kappa shape index (κ1) is 16.3. The van der Waals surface area contributed by atoms with E-state index >= 15 is 0 Å². The minimum Gasteiger partial charge on any atom is -0.507 e. The van der Waals surface area contributed by atoms with Crippen LogP contribution in [0.5, 0.6) is 5.75 Å². The number of hydrogen-bond donors (Lipinski definition) is 1. The van der Waals surface area contributed by atoms with E-state index < -0.39 is 0 Å². The second kappa shape index (κ2) is 7.79. The van der Waals surface area contributed by atoms with Crippen molar-refractivity contribution in [3.63, 3.8) is 0 Å². The number of rotatable bonds is 7. The van der Waals surface area contributed by atoms with E-state index in [1.54, 1.807) is 12.1 Å². The van der Waals surface area contributed by atoms with E-state index in [2.05, 4.69) is 16.8 Å². The molecule has 0 bridgehead atoms. The molecule has 0 aliphatic heterocycles. The summed E-state index contributed by atoms with van der Waals surface area (Å²) in [5.74, 6) is -0.508. The molecule has 5 nitrogen and oxygen atoms in total. The highest BCUT2D eigenvalue weighted by molar-refractivity contribution is 6.06. The molecule has 0 heterocycles. The van der Waals surface area contributed by atoms with Crippen molar-refractivity contribution >= 4 is 23.4 Å². The van der Waals surface area contributed by atoms with Gasteiger partial charge in [-0.25, -0.2) is 0 Å². The number of hydrogen-bond acceptors (Lipinski definition) is 5. The van der Waals surface area contributed by atoms with E-state index in [0.29, 0.717) is 24.2 Å². The number of ketones is 1. The van der Waals surface area contributed by atoms with Crippen LogP contribution in [0.1, 0.15) is 22.3 Å². The van der Waals surface area contributed by atoms with E-state index in [-0.39, 0.29) is 17.1 Å². The quantitative estimate of drug-likeness (QED) is 0.358. The molecule has 23 heavy (non-hydrogen) atoms. The first-order valence-corrected chi connectivity index (χ1v) is 7.08. The third-order valence-corrected chi connectivity index (χ3v) is 3.23. The van der Waals surface area contributed by atoms with E-state index in [1.165, 1.54) is 12.1 Å². The van der Waals surface area contributed by atoms with Crippen molar-refractivity contribution in [1.29, 1.82) is 0 Å². The molecule has 2 aromatic carbocycles. The number of carbonyl (C=O) groups excluding carboxylic acids is 2. The Labute approximate surface area is 134 Å². The van der Waals surface area contributed by atoms with Gasteiger partial charge in [0.15, 0.2) is 5.78 Å². The summed E-state index contributed by atoms with van der Waals surface area (Å²) in [7, 11) is 0. The van der Waals surface area contributed by atoms with Crippen LogP contribution < -0.4 is 0 Å². The summed E-state index contributed by atoms with van der Waals surface area (Å²) in [5, 5.41) is 18.0. The molecule has 116 valence electrons. The monoisotopic (exact) mass is 308 g/mol. The number of phenols is 1. The average Bonchev–Trinajstić information content (AvgIpc) is 2.59. The van der Waals surface area contributed by atoms with Gasteiger partial charge in [-0.2, -0.15) is 10.2 Å². The van der Waals surface area contributed by atoms with Gasteiger partial charge < -0.3 is 9.90 Å². The first-order chi connectivity index (χ1) is 11.2. The molecule has 0 spiro atoms. The van der Waals surface area contributed by atoms with E-state index in [4.69, 9.17) is 0 Å². The number of carbonyl (C=O) groups is 2. The minimum atomic E-state index is -0.383. The number of aromatic hydroxyl groups is 1. The molecular formula is C18H16N2O3. The Morgan fingerprint density at radius 2 is 1.96 bits per heavy atom. The van der Waals surface area contributed by atoms with Crippen LogP contribution in [0.25, 0.3) is 0 Å². The van der Waals surface area contributed by atoms with Gasteiger partial charge in [-0.1, -0.05) is 24.8 Å². The Bertz CT molecular complexity index is 767. The molecule has 0 aliphatic rings. The molecule has 0 aromatic heterocycles. The molecule has 0 amide bonds. The molecule has 0 saturated heterocycles. The molecule has 0 radical (unpaired) electrons. The normalized spacial score (nSPS) is 10.6. The fraction of sp³-hybridized carbons (Fsp3) is 0.111. The van der Waals surface area contributed by atoms with E-state index in [0.717, 1.165) is 17.9 Å². The SMILES string of the molecule is C=CC(=O)c1cc(N=Nc2ccccc2CCC=O)ccc1O. The van der Waals surface area contributed by atoms with Crippen LogP contribution in [0.4, 0.5) is 11.4 Å². The average molecular weight is 308 g/mol. The fourth-order valence-electron chi connectivity index (χ4n) is 2.04. The van der Waals surface area contributed by atoms with Crippen LogP contribution in [-0.4, -0.2) is 17.2 Å². The number of aldehydes is 1. The van der Waals surface area contributed by atoms with Crippen LogP contribution in [0, 0.1) is 0 Å². The van der Waals surface area contributed by atoms with Crippen LogP contribution in [0.3, 0.4) is 0 Å². The highest BCUT2D eigenvalue weighted by atomic mass is 16.3. The minimum absolute atomic E-state index is 0.125. The van der Waals surface area contributed by atoms with Crippen molar-refractivity contribution in [1.82, 2.24) is 0 Å². The lowest BCUT2D eigenvalue weighted by Crippen LogP contribution is -1.93. The summed E-state index contributed by atoms with van der Waals surface area (Å²) in [6.07, 6.45) is 3.00. The Balaban J connectivity index is 2.29. The number of aryl methyl sites for hydroxylation is 1. The third-order valence-electron chi connectivity index (χ3n) is 3.23. The van der Waals surface area contributed by atoms with Crippen LogP contribution in [-0.2, 0) is 11.2 Å². The number of allylic oxidation sites excluding steroid dienone is 1. The van der Waals surface area contributed by atoms with Crippen LogP contribution in [0.15, 0.2) is 65.3 Å². The molecule has 1 N–H and O–H groups in total. The lowest BCUT2D eigenvalue weighted by Gasteiger charge is -2.03. The first-order valence-electron chi connectivity index (χ1n) is 7.08. The van der Waals surface area contributed by atoms with Gasteiger partial charge in [0.2, 0.25) is 0 Å². The summed E-state index contributed by atoms with van der Waals surface area (Å²) in [5.41, 5.74) is 2.16. The smallest absolute Gasteiger partial charge is 0.189 e. The molecular weight excluding hydrogens is 292 g/mol. The maximum Gasteiger partial charge on any atom is 0.189 e. The molecule has 0 unspecified atom stereocenters. The molecule has 2 rings (SSSR count). The van der Waals surface area contributed by atoms with Gasteiger partial charge in [-0.15, -0.1) is 0 Å². The Morgan fingerprint density at radius 1 is 1.17 bits per heavy atom. The van der Waals surface area contributed by atoms with Gasteiger partial charge in [0.05, 0.1) is 16.9 Å². The largest absolute Gasteiger partial charge is 0.507 e. The second-order valence-corrected chi connectivity index (χ2v) is 4.80. The molecule has 0 aliphatic carbocycles. The molecule has 0 saturated carbocycles. The topological polar surface area (TPSA) is 79.1 Å². The Morgan fingerprint density at radius 3 is 2.70 bits per heavy atom. The molecule has 0 atom stereocenters. The Kier molecular flexibility index (Phi) is 5.52. The summed E-state index contributed by atoms with van der Waals surface area (Å²) in [4.78, 5) is 22.2. The van der Waals surface area contributed by atoms with E-state index in [9.17, 15) is 14.7 Å². The lowest BCUT2D eigenvalue weighted by molar-refractivity contribution is -0.107. The van der Waals surface area contributed by atoms with Gasteiger partial charge in [-0.3, -0.25) is 4.79 Å². The Hall–Kier alpha value is -3.08. The highest BCUT2D eigenvalue weighted by Crippen LogP contribution is 2.27. The second-order valence-electron chi connectivity index (χ2n) is 4.80. The summed E-state index contributed by atoms with van der Waals surface area (Å²) in [6, 6.07) is 11.8.